The average Bonchev–Trinajstić information content (AvgIpc) is 2.74. The van der Waals surface area contributed by atoms with Crippen molar-refractivity contribution in [2.75, 3.05) is 0 Å². The van der Waals surface area contributed by atoms with Gasteiger partial charge in [-0.15, -0.1) is 0 Å². The molecule has 0 atom stereocenters. The molecule has 0 aliphatic carbocycles. The summed E-state index contributed by atoms with van der Waals surface area (Å²) in [6.45, 7) is 4.55. The van der Waals surface area contributed by atoms with Crippen molar-refractivity contribution in [3.8, 4) is 5.75 Å². The number of fused-ring (bicyclic) bond motifs is 1. The maximum Gasteiger partial charge on any atom is 0.126 e. The van der Waals surface area contributed by atoms with Gasteiger partial charge in [-0.2, -0.15) is 0 Å². The predicted molar refractivity (Wildman–Crippen MR) is 129 cm³/mol. The quantitative estimate of drug-likeness (QED) is 0.280. The van der Waals surface area contributed by atoms with E-state index >= 15 is 0 Å². The first kappa shape index (κ1) is 23.8. The minimum Gasteiger partial charge on any atom is -0.507 e. The van der Waals surface area contributed by atoms with Crippen molar-refractivity contribution in [3.63, 3.8) is 0 Å². The van der Waals surface area contributed by atoms with Crippen LogP contribution in [-0.4, -0.2) is 5.11 Å². The highest BCUT2D eigenvalue weighted by Crippen LogP contribution is 2.34. The van der Waals surface area contributed by atoms with E-state index in [9.17, 15) is 5.11 Å². The molecule has 0 amide bonds. The Morgan fingerprint density at radius 3 is 1.76 bits per heavy atom. The van der Waals surface area contributed by atoms with E-state index in [-0.39, 0.29) is 0 Å². The minimum absolute atomic E-state index is 0.548. The van der Waals surface area contributed by atoms with Gasteiger partial charge in [-0.1, -0.05) is 121 Å². The number of rotatable bonds is 16. The smallest absolute Gasteiger partial charge is 0.126 e. The lowest BCUT2D eigenvalue weighted by atomic mass is 9.92. The third-order valence-electron chi connectivity index (χ3n) is 6.30. The molecule has 0 fully saturated rings. The molecule has 1 heteroatoms. The highest BCUT2D eigenvalue weighted by atomic mass is 16.3. The Kier molecular flexibility index (Phi) is 11.9. The molecule has 1 N–H and O–H groups in total. The van der Waals surface area contributed by atoms with Crippen molar-refractivity contribution in [1.29, 1.82) is 0 Å². The summed E-state index contributed by atoms with van der Waals surface area (Å²) in [4.78, 5) is 0. The second kappa shape index (κ2) is 14.5. The van der Waals surface area contributed by atoms with Crippen molar-refractivity contribution in [3.05, 3.63) is 41.5 Å². The van der Waals surface area contributed by atoms with E-state index in [0.717, 1.165) is 18.2 Å². The molecule has 0 unspecified atom stereocenters. The van der Waals surface area contributed by atoms with Crippen molar-refractivity contribution < 1.29 is 5.11 Å². The van der Waals surface area contributed by atoms with Gasteiger partial charge in [0.15, 0.2) is 0 Å². The van der Waals surface area contributed by atoms with Crippen LogP contribution in [0.2, 0.25) is 0 Å². The fourth-order valence-corrected chi connectivity index (χ4v) is 4.46. The topological polar surface area (TPSA) is 20.2 Å². The number of phenolic OH excluding ortho intramolecular Hbond substituents is 1. The highest BCUT2D eigenvalue weighted by molar-refractivity contribution is 5.90. The third kappa shape index (κ3) is 8.41. The standard InChI is InChI=1S/C28H44O/c1-3-5-7-9-11-13-15-19-24-23-25-20-17-18-22-27(25)28(29)26(24)21-16-14-12-10-8-6-4-2/h17-18,20,22-23,29H,3-16,19,21H2,1-2H3. The lowest BCUT2D eigenvalue weighted by molar-refractivity contribution is 0.470. The van der Waals surface area contributed by atoms with E-state index in [4.69, 9.17) is 0 Å². The first-order valence-electron chi connectivity index (χ1n) is 12.5. The van der Waals surface area contributed by atoms with E-state index in [1.807, 2.05) is 6.07 Å². The van der Waals surface area contributed by atoms with Crippen LogP contribution in [-0.2, 0) is 12.8 Å². The van der Waals surface area contributed by atoms with Crippen LogP contribution >= 0.6 is 0 Å². The van der Waals surface area contributed by atoms with Gasteiger partial charge in [0.25, 0.3) is 0 Å². The zero-order chi connectivity index (χ0) is 20.7. The molecule has 0 aliphatic rings. The van der Waals surface area contributed by atoms with Gasteiger partial charge in [0.05, 0.1) is 0 Å². The summed E-state index contributed by atoms with van der Waals surface area (Å²) in [5.74, 6) is 0.548. The number of hydrogen-bond acceptors (Lipinski definition) is 1. The van der Waals surface area contributed by atoms with Crippen LogP contribution in [0.3, 0.4) is 0 Å². The molecule has 2 aromatic carbocycles. The van der Waals surface area contributed by atoms with Crippen molar-refractivity contribution in [2.45, 2.75) is 117 Å². The van der Waals surface area contributed by atoms with E-state index < -0.39 is 0 Å². The molecule has 2 rings (SSSR count). The van der Waals surface area contributed by atoms with Crippen LogP contribution in [0.15, 0.2) is 30.3 Å². The Balaban J connectivity index is 1.93. The number of benzene rings is 2. The largest absolute Gasteiger partial charge is 0.507 e. The van der Waals surface area contributed by atoms with Crippen LogP contribution in [0.1, 0.15) is 115 Å². The molecule has 2 aromatic rings. The Hall–Kier alpha value is -1.50. The Bertz CT molecular complexity index is 688. The van der Waals surface area contributed by atoms with Gasteiger partial charge in [0.2, 0.25) is 0 Å². The maximum absolute atomic E-state index is 11.0. The monoisotopic (exact) mass is 396 g/mol. The molecule has 0 saturated carbocycles. The molecular formula is C28H44O. The summed E-state index contributed by atoms with van der Waals surface area (Å²) in [5.41, 5.74) is 2.61. The van der Waals surface area contributed by atoms with Crippen LogP contribution in [0.25, 0.3) is 10.8 Å². The zero-order valence-electron chi connectivity index (χ0n) is 19.1. The SMILES string of the molecule is CCCCCCCCCc1cc2ccccc2c(O)c1CCCCCCCCC. The van der Waals surface area contributed by atoms with E-state index in [0.29, 0.717) is 5.75 Å². The number of phenols is 1. The summed E-state index contributed by atoms with van der Waals surface area (Å²) < 4.78 is 0. The molecule has 1 nitrogen and oxygen atoms in total. The van der Waals surface area contributed by atoms with Gasteiger partial charge in [-0.25, -0.2) is 0 Å². The minimum atomic E-state index is 0.548. The fourth-order valence-electron chi connectivity index (χ4n) is 4.46. The average molecular weight is 397 g/mol. The van der Waals surface area contributed by atoms with Crippen molar-refractivity contribution >= 4 is 10.8 Å². The van der Waals surface area contributed by atoms with Gasteiger partial charge in [0.1, 0.15) is 5.75 Å². The fraction of sp³-hybridized carbons (Fsp3) is 0.643. The van der Waals surface area contributed by atoms with Crippen molar-refractivity contribution in [1.82, 2.24) is 0 Å². The van der Waals surface area contributed by atoms with Gasteiger partial charge >= 0.3 is 0 Å². The molecule has 29 heavy (non-hydrogen) atoms. The number of aryl methyl sites for hydroxylation is 1. The molecule has 0 radical (unpaired) electrons. The first-order valence-corrected chi connectivity index (χ1v) is 12.5. The Morgan fingerprint density at radius 2 is 1.14 bits per heavy atom. The lowest BCUT2D eigenvalue weighted by Crippen LogP contribution is -1.98. The van der Waals surface area contributed by atoms with E-state index in [1.165, 1.54) is 106 Å². The first-order chi connectivity index (χ1) is 14.3. The molecule has 162 valence electrons. The second-order valence-electron chi connectivity index (χ2n) is 8.83. The van der Waals surface area contributed by atoms with Gasteiger partial charge in [-0.05, 0) is 42.2 Å². The van der Waals surface area contributed by atoms with Gasteiger partial charge in [0, 0.05) is 5.39 Å². The molecule has 0 saturated heterocycles. The van der Waals surface area contributed by atoms with Crippen LogP contribution in [0.4, 0.5) is 0 Å². The van der Waals surface area contributed by atoms with Gasteiger partial charge < -0.3 is 5.11 Å². The number of hydrogen-bond donors (Lipinski definition) is 1. The Labute approximate surface area is 179 Å². The maximum atomic E-state index is 11.0. The molecule has 0 heterocycles. The number of unbranched alkanes of at least 4 members (excludes halogenated alkanes) is 12. The van der Waals surface area contributed by atoms with E-state index in [2.05, 4.69) is 38.1 Å². The molecule has 0 spiro atoms. The summed E-state index contributed by atoms with van der Waals surface area (Å²) in [6, 6.07) is 10.7. The zero-order valence-corrected chi connectivity index (χ0v) is 19.1. The highest BCUT2D eigenvalue weighted by Gasteiger charge is 2.12. The molecular weight excluding hydrogens is 352 g/mol. The molecule has 0 aliphatic heterocycles. The normalized spacial score (nSPS) is 11.4. The molecule has 0 bridgehead atoms. The van der Waals surface area contributed by atoms with Gasteiger partial charge in [-0.3, -0.25) is 0 Å². The molecule has 0 aromatic heterocycles. The van der Waals surface area contributed by atoms with Crippen LogP contribution in [0.5, 0.6) is 5.75 Å². The summed E-state index contributed by atoms with van der Waals surface area (Å²) >= 11 is 0. The third-order valence-corrected chi connectivity index (χ3v) is 6.30. The van der Waals surface area contributed by atoms with E-state index in [1.54, 1.807) is 0 Å². The summed E-state index contributed by atoms with van der Waals surface area (Å²) in [5, 5.41) is 13.2. The number of aromatic hydroxyl groups is 1. The predicted octanol–water partition coefficient (Wildman–Crippen LogP) is 9.13. The Morgan fingerprint density at radius 1 is 0.621 bits per heavy atom. The van der Waals surface area contributed by atoms with Crippen molar-refractivity contribution in [2.24, 2.45) is 0 Å². The second-order valence-corrected chi connectivity index (χ2v) is 8.83. The summed E-state index contributed by atoms with van der Waals surface area (Å²) in [6.07, 6.45) is 20.7. The van der Waals surface area contributed by atoms with Crippen LogP contribution < -0.4 is 0 Å². The lowest BCUT2D eigenvalue weighted by Gasteiger charge is -2.15. The van der Waals surface area contributed by atoms with Crippen LogP contribution in [0, 0.1) is 0 Å². The summed E-state index contributed by atoms with van der Waals surface area (Å²) in [7, 11) is 0.